The van der Waals surface area contributed by atoms with Crippen LogP contribution in [0.1, 0.15) is 50.1 Å². The number of alkyl carbamates (subject to hydrolysis) is 1. The fourth-order valence-corrected chi connectivity index (χ4v) is 4.49. The van der Waals surface area contributed by atoms with Gasteiger partial charge in [-0.3, -0.25) is 14.8 Å². The van der Waals surface area contributed by atoms with E-state index < -0.39 is 41.5 Å². The molecule has 2 unspecified atom stereocenters. The SMILES string of the molecule is CN1C(=O)C(N2Cc3cn[nH]c3C2)CC(NC(=O)OC(C)(C)C)[C@H]1c1cc(F)ccc1F. The number of aromatic amines is 1. The number of H-pyrrole nitrogens is 1. The van der Waals surface area contributed by atoms with Crippen molar-refractivity contribution >= 4 is 12.0 Å². The third-order valence-corrected chi connectivity index (χ3v) is 5.87. The highest BCUT2D eigenvalue weighted by Crippen LogP contribution is 2.36. The van der Waals surface area contributed by atoms with Gasteiger partial charge in [0.05, 0.1) is 30.0 Å². The fourth-order valence-electron chi connectivity index (χ4n) is 4.49. The van der Waals surface area contributed by atoms with Gasteiger partial charge in [-0.15, -0.1) is 0 Å². The molecule has 2 amide bonds. The zero-order valence-corrected chi connectivity index (χ0v) is 18.5. The van der Waals surface area contributed by atoms with Crippen LogP contribution in [0.15, 0.2) is 24.4 Å². The molecule has 1 fully saturated rings. The lowest BCUT2D eigenvalue weighted by atomic mass is 9.87. The molecule has 3 heterocycles. The number of likely N-dealkylation sites (tertiary alicyclic amines) is 1. The summed E-state index contributed by atoms with van der Waals surface area (Å²) < 4.78 is 34.1. The largest absolute Gasteiger partial charge is 0.444 e. The van der Waals surface area contributed by atoms with E-state index in [1.807, 2.05) is 4.90 Å². The van der Waals surface area contributed by atoms with Gasteiger partial charge in [0.15, 0.2) is 0 Å². The summed E-state index contributed by atoms with van der Waals surface area (Å²) in [6.07, 6.45) is 1.27. The van der Waals surface area contributed by atoms with Crippen LogP contribution in [-0.2, 0) is 22.6 Å². The molecular weight excluding hydrogens is 420 g/mol. The Hall–Kier alpha value is -3.01. The van der Waals surface area contributed by atoms with Crippen LogP contribution >= 0.6 is 0 Å². The lowest BCUT2D eigenvalue weighted by Crippen LogP contribution is -2.60. The number of likely N-dealkylation sites (N-methyl/N-ethyl adjacent to an activating group) is 1. The molecule has 8 nitrogen and oxygen atoms in total. The highest BCUT2D eigenvalue weighted by atomic mass is 19.1. The minimum atomic E-state index is -0.885. The van der Waals surface area contributed by atoms with Crippen LogP contribution in [0.5, 0.6) is 0 Å². The van der Waals surface area contributed by atoms with Crippen molar-refractivity contribution < 1.29 is 23.1 Å². The smallest absolute Gasteiger partial charge is 0.407 e. The summed E-state index contributed by atoms with van der Waals surface area (Å²) in [4.78, 5) is 29.3. The lowest BCUT2D eigenvalue weighted by molar-refractivity contribution is -0.144. The van der Waals surface area contributed by atoms with Crippen molar-refractivity contribution in [1.82, 2.24) is 25.3 Å². The second kappa shape index (κ2) is 8.16. The first-order valence-electron chi connectivity index (χ1n) is 10.5. The summed E-state index contributed by atoms with van der Waals surface area (Å²) in [5.41, 5.74) is 1.23. The van der Waals surface area contributed by atoms with Gasteiger partial charge in [0, 0.05) is 31.3 Å². The van der Waals surface area contributed by atoms with Crippen molar-refractivity contribution in [2.45, 2.75) is 64.0 Å². The summed E-state index contributed by atoms with van der Waals surface area (Å²) in [7, 11) is 1.55. The number of hydrogen-bond acceptors (Lipinski definition) is 5. The molecule has 0 radical (unpaired) electrons. The minimum absolute atomic E-state index is 0.0104. The van der Waals surface area contributed by atoms with Crippen LogP contribution in [0, 0.1) is 11.6 Å². The molecule has 0 bridgehead atoms. The van der Waals surface area contributed by atoms with Crippen molar-refractivity contribution in [3.8, 4) is 0 Å². The number of hydrogen-bond donors (Lipinski definition) is 2. The van der Waals surface area contributed by atoms with E-state index >= 15 is 0 Å². The number of carbonyl (C=O) groups is 2. The molecule has 0 aliphatic carbocycles. The Labute approximate surface area is 184 Å². The molecule has 32 heavy (non-hydrogen) atoms. The number of nitrogens with zero attached hydrogens (tertiary/aromatic N) is 3. The Morgan fingerprint density at radius 3 is 2.72 bits per heavy atom. The van der Waals surface area contributed by atoms with Crippen molar-refractivity contribution in [2.75, 3.05) is 7.05 Å². The number of fused-ring (bicyclic) bond motifs is 1. The first kappa shape index (κ1) is 22.2. The maximum Gasteiger partial charge on any atom is 0.407 e. The molecule has 0 saturated carbocycles. The van der Waals surface area contributed by atoms with Crippen LogP contribution in [0.2, 0.25) is 0 Å². The minimum Gasteiger partial charge on any atom is -0.444 e. The molecule has 3 atom stereocenters. The van der Waals surface area contributed by atoms with Gasteiger partial charge in [-0.05, 0) is 45.4 Å². The molecule has 0 spiro atoms. The van der Waals surface area contributed by atoms with E-state index in [2.05, 4.69) is 15.5 Å². The Bertz CT molecular complexity index is 1010. The second-order valence-electron chi connectivity index (χ2n) is 9.34. The molecule has 2 N–H and O–H groups in total. The average Bonchev–Trinajstić information content (AvgIpc) is 3.27. The van der Waals surface area contributed by atoms with Gasteiger partial charge in [0.1, 0.15) is 17.2 Å². The summed E-state index contributed by atoms with van der Waals surface area (Å²) in [5, 5.41) is 9.75. The molecule has 2 aliphatic heterocycles. The number of amides is 2. The standard InChI is InChI=1S/C22H27F2N5O3/c1-22(2,3)32-21(31)26-16-8-18(29-10-12-9-25-27-17(12)11-29)20(30)28(4)19(16)14-7-13(23)5-6-15(14)24/h5-7,9,16,18-19H,8,10-11H2,1-4H3,(H,25,27)(H,26,31)/t16?,18?,19-/m1/s1. The summed E-state index contributed by atoms with van der Waals surface area (Å²) in [6.45, 7) is 6.26. The molecule has 2 aliphatic rings. The van der Waals surface area contributed by atoms with Crippen molar-refractivity contribution in [1.29, 1.82) is 0 Å². The number of ether oxygens (including phenoxy) is 1. The first-order valence-corrected chi connectivity index (χ1v) is 10.5. The maximum absolute atomic E-state index is 14.7. The number of piperidine rings is 1. The highest BCUT2D eigenvalue weighted by molar-refractivity contribution is 5.84. The predicted molar refractivity (Wildman–Crippen MR) is 111 cm³/mol. The summed E-state index contributed by atoms with van der Waals surface area (Å²) in [6, 6.07) is 0.998. The average molecular weight is 447 g/mol. The molecule has 1 aromatic heterocycles. The van der Waals surface area contributed by atoms with Crippen molar-refractivity contribution in [3.63, 3.8) is 0 Å². The summed E-state index contributed by atoms with van der Waals surface area (Å²) in [5.74, 6) is -1.49. The van der Waals surface area contributed by atoms with Gasteiger partial charge in [-0.1, -0.05) is 0 Å². The Kier molecular flexibility index (Phi) is 5.66. The first-order chi connectivity index (χ1) is 15.0. The zero-order valence-electron chi connectivity index (χ0n) is 18.5. The van der Waals surface area contributed by atoms with E-state index in [9.17, 15) is 18.4 Å². The van der Waals surface area contributed by atoms with Gasteiger partial charge in [0.2, 0.25) is 5.91 Å². The molecule has 2 aromatic rings. The van der Waals surface area contributed by atoms with E-state index in [0.29, 0.717) is 13.1 Å². The number of benzene rings is 1. The normalized spacial score (nSPS) is 23.9. The van der Waals surface area contributed by atoms with Crippen LogP contribution in [-0.4, -0.2) is 56.7 Å². The molecule has 10 heteroatoms. The molecular formula is C22H27F2N5O3. The zero-order chi connectivity index (χ0) is 23.2. The van der Waals surface area contributed by atoms with Gasteiger partial charge in [-0.25, -0.2) is 13.6 Å². The second-order valence-corrected chi connectivity index (χ2v) is 9.34. The van der Waals surface area contributed by atoms with Crippen molar-refractivity contribution in [2.24, 2.45) is 0 Å². The Morgan fingerprint density at radius 1 is 1.28 bits per heavy atom. The monoisotopic (exact) mass is 447 g/mol. The Balaban J connectivity index is 1.64. The predicted octanol–water partition coefficient (Wildman–Crippen LogP) is 2.87. The molecule has 172 valence electrons. The van der Waals surface area contributed by atoms with Gasteiger partial charge >= 0.3 is 6.09 Å². The quantitative estimate of drug-likeness (QED) is 0.755. The number of carbonyl (C=O) groups excluding carboxylic acids is 2. The number of aromatic nitrogens is 2. The van der Waals surface area contributed by atoms with Crippen LogP contribution in [0.3, 0.4) is 0 Å². The molecule has 1 saturated heterocycles. The van der Waals surface area contributed by atoms with Crippen molar-refractivity contribution in [3.05, 3.63) is 52.9 Å². The van der Waals surface area contributed by atoms with Crippen LogP contribution in [0.4, 0.5) is 13.6 Å². The number of nitrogens with one attached hydrogen (secondary N) is 2. The third kappa shape index (κ3) is 4.32. The van der Waals surface area contributed by atoms with E-state index in [1.54, 1.807) is 34.0 Å². The number of halogens is 2. The van der Waals surface area contributed by atoms with E-state index in [0.717, 1.165) is 29.5 Å². The Morgan fingerprint density at radius 2 is 2.03 bits per heavy atom. The maximum atomic E-state index is 14.7. The fraction of sp³-hybridized carbons (Fsp3) is 0.500. The summed E-state index contributed by atoms with van der Waals surface area (Å²) >= 11 is 0. The van der Waals surface area contributed by atoms with E-state index in [4.69, 9.17) is 4.74 Å². The van der Waals surface area contributed by atoms with Crippen LogP contribution in [0.25, 0.3) is 0 Å². The van der Waals surface area contributed by atoms with Gasteiger partial charge in [-0.2, -0.15) is 5.10 Å². The van der Waals surface area contributed by atoms with Crippen LogP contribution < -0.4 is 5.32 Å². The topological polar surface area (TPSA) is 90.6 Å². The highest BCUT2D eigenvalue weighted by Gasteiger charge is 2.46. The molecule has 4 rings (SSSR count). The molecule has 1 aromatic carbocycles. The van der Waals surface area contributed by atoms with E-state index in [1.165, 1.54) is 4.90 Å². The van der Waals surface area contributed by atoms with Gasteiger partial charge in [0.25, 0.3) is 0 Å². The van der Waals surface area contributed by atoms with Gasteiger partial charge < -0.3 is 15.0 Å². The number of rotatable bonds is 3. The van der Waals surface area contributed by atoms with E-state index in [-0.39, 0.29) is 17.9 Å². The lowest BCUT2D eigenvalue weighted by Gasteiger charge is -2.45. The third-order valence-electron chi connectivity index (χ3n) is 5.87.